The van der Waals surface area contributed by atoms with Crippen LogP contribution in [-0.4, -0.2) is 5.78 Å². The molecule has 0 spiro atoms. The van der Waals surface area contributed by atoms with Crippen LogP contribution in [-0.2, 0) is 4.79 Å². The molecule has 2 nitrogen and oxygen atoms in total. The molecule has 1 unspecified atom stereocenters. The van der Waals surface area contributed by atoms with Crippen molar-refractivity contribution in [3.63, 3.8) is 0 Å². The van der Waals surface area contributed by atoms with Gasteiger partial charge in [0.1, 0.15) is 5.78 Å². The Morgan fingerprint density at radius 1 is 1.00 bits per heavy atom. The van der Waals surface area contributed by atoms with Crippen molar-refractivity contribution < 1.29 is 4.79 Å². The lowest BCUT2D eigenvalue weighted by molar-refractivity contribution is -0.117. The molecular weight excluding hydrogens is 222 g/mol. The van der Waals surface area contributed by atoms with Gasteiger partial charge in [-0.05, 0) is 24.6 Å². The summed E-state index contributed by atoms with van der Waals surface area (Å²) in [6, 6.07) is 20.1. The first kappa shape index (κ1) is 12.4. The lowest BCUT2D eigenvalue weighted by Gasteiger charge is -2.19. The fourth-order valence-corrected chi connectivity index (χ4v) is 1.96. The molecule has 0 fully saturated rings. The smallest absolute Gasteiger partial charge is 0.132 e. The number of para-hydroxylation sites is 1. The Hall–Kier alpha value is -2.09. The summed E-state index contributed by atoms with van der Waals surface area (Å²) in [5, 5.41) is 3.41. The molecule has 0 aliphatic carbocycles. The van der Waals surface area contributed by atoms with Crippen LogP contribution < -0.4 is 5.32 Å². The summed E-state index contributed by atoms with van der Waals surface area (Å²) >= 11 is 0. The largest absolute Gasteiger partial charge is 0.378 e. The summed E-state index contributed by atoms with van der Waals surface area (Å²) in [6.45, 7) is 1.63. The topological polar surface area (TPSA) is 29.1 Å². The lowest BCUT2D eigenvalue weighted by Crippen LogP contribution is -2.13. The SMILES string of the molecule is CC(=O)CC(Nc1ccccc1)c1ccccc1. The zero-order valence-corrected chi connectivity index (χ0v) is 10.5. The zero-order valence-electron chi connectivity index (χ0n) is 10.5. The molecule has 1 atom stereocenters. The van der Waals surface area contributed by atoms with Crippen LogP contribution in [0.4, 0.5) is 5.69 Å². The van der Waals surface area contributed by atoms with E-state index >= 15 is 0 Å². The van der Waals surface area contributed by atoms with Crippen LogP contribution in [0.5, 0.6) is 0 Å². The molecule has 0 bridgehead atoms. The Balaban J connectivity index is 2.18. The van der Waals surface area contributed by atoms with Gasteiger partial charge >= 0.3 is 0 Å². The van der Waals surface area contributed by atoms with Crippen LogP contribution in [0.3, 0.4) is 0 Å². The second-order valence-corrected chi connectivity index (χ2v) is 4.38. The molecule has 2 aromatic carbocycles. The molecule has 2 aromatic rings. The van der Waals surface area contributed by atoms with Gasteiger partial charge in [0, 0.05) is 12.1 Å². The molecule has 0 aliphatic rings. The monoisotopic (exact) mass is 239 g/mol. The molecule has 0 saturated carbocycles. The number of rotatable bonds is 5. The van der Waals surface area contributed by atoms with Crippen LogP contribution in [0.25, 0.3) is 0 Å². The standard InChI is InChI=1S/C16H17NO/c1-13(18)12-16(14-8-4-2-5-9-14)17-15-10-6-3-7-11-15/h2-11,16-17H,12H2,1H3. The Morgan fingerprint density at radius 3 is 2.11 bits per heavy atom. The second-order valence-electron chi connectivity index (χ2n) is 4.38. The predicted octanol–water partition coefficient (Wildman–Crippen LogP) is 3.82. The average Bonchev–Trinajstić information content (AvgIpc) is 2.40. The molecule has 2 heteroatoms. The first-order chi connectivity index (χ1) is 8.75. The summed E-state index contributed by atoms with van der Waals surface area (Å²) in [4.78, 5) is 11.4. The maximum Gasteiger partial charge on any atom is 0.132 e. The Morgan fingerprint density at radius 2 is 1.56 bits per heavy atom. The molecule has 0 aliphatic heterocycles. The zero-order chi connectivity index (χ0) is 12.8. The van der Waals surface area contributed by atoms with Crippen molar-refractivity contribution in [3.05, 3.63) is 66.2 Å². The number of hydrogen-bond donors (Lipinski definition) is 1. The number of carbonyl (C=O) groups is 1. The average molecular weight is 239 g/mol. The summed E-state index contributed by atoms with van der Waals surface area (Å²) in [5.74, 6) is 0.187. The highest BCUT2D eigenvalue weighted by molar-refractivity contribution is 5.77. The van der Waals surface area contributed by atoms with Crippen molar-refractivity contribution in [2.45, 2.75) is 19.4 Å². The highest BCUT2D eigenvalue weighted by Crippen LogP contribution is 2.22. The molecule has 0 saturated heterocycles. The molecule has 0 heterocycles. The van der Waals surface area contributed by atoms with Gasteiger partial charge in [-0.25, -0.2) is 0 Å². The molecular formula is C16H17NO. The molecule has 2 rings (SSSR count). The van der Waals surface area contributed by atoms with Gasteiger partial charge in [0.2, 0.25) is 0 Å². The first-order valence-corrected chi connectivity index (χ1v) is 6.11. The van der Waals surface area contributed by atoms with Gasteiger partial charge in [-0.2, -0.15) is 0 Å². The Kier molecular flexibility index (Phi) is 4.13. The molecule has 0 amide bonds. The Labute approximate surface area is 108 Å². The number of ketones is 1. The van der Waals surface area contributed by atoms with Gasteiger partial charge < -0.3 is 5.32 Å². The number of Topliss-reactive ketones (excluding diaryl/α,β-unsaturated/α-hetero) is 1. The third kappa shape index (κ3) is 3.45. The van der Waals surface area contributed by atoms with Crippen molar-refractivity contribution >= 4 is 11.5 Å². The predicted molar refractivity (Wildman–Crippen MR) is 74.5 cm³/mol. The molecule has 18 heavy (non-hydrogen) atoms. The van der Waals surface area contributed by atoms with E-state index in [0.717, 1.165) is 11.3 Å². The minimum Gasteiger partial charge on any atom is -0.378 e. The van der Waals surface area contributed by atoms with E-state index in [1.807, 2.05) is 60.7 Å². The highest BCUT2D eigenvalue weighted by atomic mass is 16.1. The van der Waals surface area contributed by atoms with E-state index < -0.39 is 0 Å². The highest BCUT2D eigenvalue weighted by Gasteiger charge is 2.13. The van der Waals surface area contributed by atoms with Crippen molar-refractivity contribution in [3.8, 4) is 0 Å². The summed E-state index contributed by atoms with van der Waals surface area (Å²) in [5.41, 5.74) is 2.17. The van der Waals surface area contributed by atoms with E-state index in [9.17, 15) is 4.79 Å². The fraction of sp³-hybridized carbons (Fsp3) is 0.188. The third-order valence-electron chi connectivity index (χ3n) is 2.81. The van der Waals surface area contributed by atoms with Crippen molar-refractivity contribution in [1.29, 1.82) is 0 Å². The molecule has 0 radical (unpaired) electrons. The normalized spacial score (nSPS) is 11.8. The van der Waals surface area contributed by atoms with Crippen LogP contribution in [0.2, 0.25) is 0 Å². The summed E-state index contributed by atoms with van der Waals surface area (Å²) < 4.78 is 0. The maximum absolute atomic E-state index is 11.4. The van der Waals surface area contributed by atoms with Crippen LogP contribution >= 0.6 is 0 Å². The van der Waals surface area contributed by atoms with E-state index in [-0.39, 0.29) is 11.8 Å². The summed E-state index contributed by atoms with van der Waals surface area (Å²) in [6.07, 6.45) is 0.499. The number of benzene rings is 2. The van der Waals surface area contributed by atoms with Crippen LogP contribution in [0.1, 0.15) is 24.9 Å². The summed E-state index contributed by atoms with van der Waals surface area (Å²) in [7, 11) is 0. The minimum atomic E-state index is 0.0334. The van der Waals surface area contributed by atoms with Crippen molar-refractivity contribution in [2.75, 3.05) is 5.32 Å². The second kappa shape index (κ2) is 6.01. The van der Waals surface area contributed by atoms with E-state index in [1.54, 1.807) is 6.92 Å². The van der Waals surface area contributed by atoms with E-state index in [0.29, 0.717) is 6.42 Å². The number of carbonyl (C=O) groups excluding carboxylic acids is 1. The number of hydrogen-bond acceptors (Lipinski definition) is 2. The lowest BCUT2D eigenvalue weighted by atomic mass is 10.0. The maximum atomic E-state index is 11.4. The van der Waals surface area contributed by atoms with Crippen LogP contribution in [0.15, 0.2) is 60.7 Å². The van der Waals surface area contributed by atoms with Gasteiger partial charge in [-0.1, -0.05) is 48.5 Å². The molecule has 1 N–H and O–H groups in total. The minimum absolute atomic E-state index is 0.0334. The van der Waals surface area contributed by atoms with E-state index in [1.165, 1.54) is 0 Å². The van der Waals surface area contributed by atoms with Crippen LogP contribution in [0, 0.1) is 0 Å². The first-order valence-electron chi connectivity index (χ1n) is 6.11. The van der Waals surface area contributed by atoms with Crippen molar-refractivity contribution in [1.82, 2.24) is 0 Å². The van der Waals surface area contributed by atoms with Crippen molar-refractivity contribution in [2.24, 2.45) is 0 Å². The fourth-order valence-electron chi connectivity index (χ4n) is 1.96. The Bertz CT molecular complexity index is 493. The molecule has 92 valence electrons. The third-order valence-corrected chi connectivity index (χ3v) is 2.81. The van der Waals surface area contributed by atoms with Gasteiger partial charge in [0.05, 0.1) is 6.04 Å². The molecule has 0 aromatic heterocycles. The van der Waals surface area contributed by atoms with E-state index in [4.69, 9.17) is 0 Å². The quantitative estimate of drug-likeness (QED) is 0.859. The number of nitrogens with one attached hydrogen (secondary N) is 1. The van der Waals surface area contributed by atoms with Gasteiger partial charge in [0.25, 0.3) is 0 Å². The number of anilines is 1. The van der Waals surface area contributed by atoms with Gasteiger partial charge in [0.15, 0.2) is 0 Å². The van der Waals surface area contributed by atoms with Gasteiger partial charge in [-0.15, -0.1) is 0 Å². The van der Waals surface area contributed by atoms with E-state index in [2.05, 4.69) is 5.32 Å². The van der Waals surface area contributed by atoms with Gasteiger partial charge in [-0.3, -0.25) is 4.79 Å².